The molecule has 0 unspecified atom stereocenters. The summed E-state index contributed by atoms with van der Waals surface area (Å²) in [7, 11) is 1.63. The number of hydrogen-bond acceptors (Lipinski definition) is 5. The van der Waals surface area contributed by atoms with Gasteiger partial charge in [-0.15, -0.1) is 0 Å². The Morgan fingerprint density at radius 3 is 2.74 bits per heavy atom. The van der Waals surface area contributed by atoms with Gasteiger partial charge in [-0.3, -0.25) is 10.1 Å². The highest BCUT2D eigenvalue weighted by atomic mass is 79.9. The van der Waals surface area contributed by atoms with E-state index in [0.29, 0.717) is 11.6 Å². The zero-order valence-corrected chi connectivity index (χ0v) is 11.5. The van der Waals surface area contributed by atoms with Crippen molar-refractivity contribution < 1.29 is 9.66 Å². The second-order valence-electron chi connectivity index (χ2n) is 3.59. The number of halogens is 1. The highest BCUT2D eigenvalue weighted by molar-refractivity contribution is 9.10. The van der Waals surface area contributed by atoms with E-state index < -0.39 is 4.92 Å². The molecule has 1 aromatic heterocycles. The van der Waals surface area contributed by atoms with E-state index in [4.69, 9.17) is 4.74 Å². The molecule has 0 saturated carbocycles. The molecule has 0 saturated heterocycles. The van der Waals surface area contributed by atoms with Crippen LogP contribution in [0.5, 0.6) is 11.6 Å². The summed E-state index contributed by atoms with van der Waals surface area (Å²) in [5, 5.41) is 13.6. The molecule has 2 rings (SSSR count). The number of nitrogens with zero attached hydrogens (tertiary/aromatic N) is 2. The minimum Gasteiger partial charge on any atom is -0.438 e. The van der Waals surface area contributed by atoms with Gasteiger partial charge in [0.2, 0.25) is 5.88 Å². The zero-order chi connectivity index (χ0) is 13.8. The molecule has 6 nitrogen and oxygen atoms in total. The van der Waals surface area contributed by atoms with Crippen LogP contribution in [0.25, 0.3) is 0 Å². The lowest BCUT2D eigenvalue weighted by atomic mass is 10.3. The highest BCUT2D eigenvalue weighted by Crippen LogP contribution is 2.30. The molecule has 0 spiro atoms. The van der Waals surface area contributed by atoms with Crippen molar-refractivity contribution in [2.75, 3.05) is 12.4 Å². The lowest BCUT2D eigenvalue weighted by Crippen LogP contribution is -1.98. The molecule has 0 atom stereocenters. The molecule has 0 radical (unpaired) electrons. The quantitative estimate of drug-likeness (QED) is 0.687. The number of nitro groups is 1. The summed E-state index contributed by atoms with van der Waals surface area (Å²) in [4.78, 5) is 14.4. The lowest BCUT2D eigenvalue weighted by Gasteiger charge is -2.08. The van der Waals surface area contributed by atoms with Gasteiger partial charge in [-0.05, 0) is 28.1 Å². The number of rotatable bonds is 4. The molecule has 0 aliphatic carbocycles. The van der Waals surface area contributed by atoms with Gasteiger partial charge in [0.1, 0.15) is 11.6 Å². The first-order valence-corrected chi connectivity index (χ1v) is 6.16. The van der Waals surface area contributed by atoms with Crippen LogP contribution < -0.4 is 10.1 Å². The number of para-hydroxylation sites is 1. The predicted octanol–water partition coefficient (Wildman–Crippen LogP) is 3.59. The molecule has 1 N–H and O–H groups in total. The third-order valence-corrected chi connectivity index (χ3v) is 2.96. The van der Waals surface area contributed by atoms with Crippen molar-refractivity contribution in [1.82, 2.24) is 4.98 Å². The third kappa shape index (κ3) is 3.19. The van der Waals surface area contributed by atoms with Crippen LogP contribution in [0.2, 0.25) is 0 Å². The Balaban J connectivity index is 2.37. The van der Waals surface area contributed by atoms with Crippen LogP contribution in [0, 0.1) is 10.1 Å². The summed E-state index contributed by atoms with van der Waals surface area (Å²) in [5.74, 6) is 1.07. The van der Waals surface area contributed by atoms with E-state index in [2.05, 4.69) is 26.2 Å². The first-order valence-electron chi connectivity index (χ1n) is 5.37. The Bertz CT molecular complexity index is 619. The number of pyridine rings is 1. The maximum Gasteiger partial charge on any atom is 0.278 e. The Hall–Kier alpha value is -2.15. The second-order valence-corrected chi connectivity index (χ2v) is 4.44. The van der Waals surface area contributed by atoms with Gasteiger partial charge in [0, 0.05) is 7.05 Å². The van der Waals surface area contributed by atoms with E-state index in [0.717, 1.165) is 4.47 Å². The van der Waals surface area contributed by atoms with E-state index in [-0.39, 0.29) is 11.6 Å². The minimum atomic E-state index is -0.491. The molecule has 19 heavy (non-hydrogen) atoms. The maximum atomic E-state index is 10.8. The average molecular weight is 324 g/mol. The van der Waals surface area contributed by atoms with Crippen molar-refractivity contribution in [1.29, 1.82) is 0 Å². The monoisotopic (exact) mass is 323 g/mol. The Labute approximate surface area is 117 Å². The molecular weight excluding hydrogens is 314 g/mol. The molecule has 0 fully saturated rings. The molecule has 0 aliphatic heterocycles. The summed E-state index contributed by atoms with van der Waals surface area (Å²) in [5.41, 5.74) is -0.0820. The van der Waals surface area contributed by atoms with Gasteiger partial charge in [-0.1, -0.05) is 12.1 Å². The number of aromatic nitrogens is 1. The average Bonchev–Trinajstić information content (AvgIpc) is 2.41. The molecule has 7 heteroatoms. The van der Waals surface area contributed by atoms with Gasteiger partial charge < -0.3 is 10.1 Å². The molecule has 0 amide bonds. The van der Waals surface area contributed by atoms with Gasteiger partial charge in [0.15, 0.2) is 0 Å². The topological polar surface area (TPSA) is 77.3 Å². The van der Waals surface area contributed by atoms with E-state index in [1.165, 1.54) is 12.1 Å². The van der Waals surface area contributed by atoms with E-state index in [1.54, 1.807) is 19.2 Å². The Kier molecular flexibility index (Phi) is 3.96. The summed E-state index contributed by atoms with van der Waals surface area (Å²) >= 11 is 3.33. The Morgan fingerprint density at radius 2 is 2.11 bits per heavy atom. The summed E-state index contributed by atoms with van der Waals surface area (Å²) in [6.07, 6.45) is 0. The van der Waals surface area contributed by atoms with Crippen molar-refractivity contribution in [3.63, 3.8) is 0 Å². The van der Waals surface area contributed by atoms with Crippen LogP contribution in [-0.4, -0.2) is 17.0 Å². The van der Waals surface area contributed by atoms with Gasteiger partial charge in [-0.25, -0.2) is 0 Å². The smallest absolute Gasteiger partial charge is 0.278 e. The van der Waals surface area contributed by atoms with Crippen LogP contribution in [-0.2, 0) is 0 Å². The third-order valence-electron chi connectivity index (χ3n) is 2.30. The van der Waals surface area contributed by atoms with E-state index >= 15 is 0 Å². The largest absolute Gasteiger partial charge is 0.438 e. The van der Waals surface area contributed by atoms with Crippen molar-refractivity contribution >= 4 is 27.4 Å². The fourth-order valence-corrected chi connectivity index (χ4v) is 1.78. The normalized spacial score (nSPS) is 10.0. The molecule has 1 heterocycles. The van der Waals surface area contributed by atoms with E-state index in [9.17, 15) is 10.1 Å². The van der Waals surface area contributed by atoms with Gasteiger partial charge in [0.05, 0.1) is 21.5 Å². The summed E-state index contributed by atoms with van der Waals surface area (Å²) < 4.78 is 6.28. The fourth-order valence-electron chi connectivity index (χ4n) is 1.42. The number of ether oxygens (including phenoxy) is 1. The first kappa shape index (κ1) is 13.3. The SMILES string of the molecule is CNc1cc([N+](=O)[O-])cc(Oc2ccccc2Br)n1. The second kappa shape index (κ2) is 5.66. The van der Waals surface area contributed by atoms with Crippen molar-refractivity contribution in [2.45, 2.75) is 0 Å². The highest BCUT2D eigenvalue weighted by Gasteiger charge is 2.12. The molecule has 0 bridgehead atoms. The number of hydrogen-bond donors (Lipinski definition) is 1. The van der Waals surface area contributed by atoms with Crippen LogP contribution in [0.3, 0.4) is 0 Å². The van der Waals surface area contributed by atoms with Crippen LogP contribution in [0.4, 0.5) is 11.5 Å². The molecular formula is C12H10BrN3O3. The maximum absolute atomic E-state index is 10.8. The lowest BCUT2D eigenvalue weighted by molar-refractivity contribution is -0.384. The van der Waals surface area contributed by atoms with Crippen molar-refractivity contribution in [3.8, 4) is 11.6 Å². The van der Waals surface area contributed by atoms with Gasteiger partial charge in [0.25, 0.3) is 5.69 Å². The summed E-state index contributed by atoms with van der Waals surface area (Å²) in [6.45, 7) is 0. The zero-order valence-electron chi connectivity index (χ0n) is 9.96. The summed E-state index contributed by atoms with van der Waals surface area (Å²) in [6, 6.07) is 9.82. The number of nitrogens with one attached hydrogen (secondary N) is 1. The molecule has 98 valence electrons. The van der Waals surface area contributed by atoms with Gasteiger partial charge >= 0.3 is 0 Å². The van der Waals surface area contributed by atoms with Crippen LogP contribution in [0.15, 0.2) is 40.9 Å². The molecule has 2 aromatic rings. The van der Waals surface area contributed by atoms with Crippen LogP contribution in [0.1, 0.15) is 0 Å². The number of benzene rings is 1. The standard InChI is InChI=1S/C12H10BrN3O3/c1-14-11-6-8(16(17)18)7-12(15-11)19-10-5-3-2-4-9(10)13/h2-7H,1H3,(H,14,15). The molecule has 1 aromatic carbocycles. The van der Waals surface area contributed by atoms with Crippen LogP contribution >= 0.6 is 15.9 Å². The Morgan fingerprint density at radius 1 is 1.37 bits per heavy atom. The van der Waals surface area contributed by atoms with Gasteiger partial charge in [-0.2, -0.15) is 4.98 Å². The van der Waals surface area contributed by atoms with Crippen molar-refractivity contribution in [3.05, 3.63) is 51.0 Å². The number of anilines is 1. The molecule has 0 aliphatic rings. The minimum absolute atomic E-state index is 0.0820. The van der Waals surface area contributed by atoms with E-state index in [1.807, 2.05) is 12.1 Å². The first-order chi connectivity index (χ1) is 9.10. The van der Waals surface area contributed by atoms with Crippen molar-refractivity contribution in [2.24, 2.45) is 0 Å². The fraction of sp³-hybridized carbons (Fsp3) is 0.0833. The predicted molar refractivity (Wildman–Crippen MR) is 74.7 cm³/mol.